The minimum atomic E-state index is 0.00917. The molecule has 2 nitrogen and oxygen atoms in total. The Balaban J connectivity index is 1.89. The van der Waals surface area contributed by atoms with Crippen LogP contribution in [-0.2, 0) is 0 Å². The highest BCUT2D eigenvalue weighted by molar-refractivity contribution is 4.85. The van der Waals surface area contributed by atoms with E-state index >= 15 is 0 Å². The van der Waals surface area contributed by atoms with Crippen LogP contribution >= 0.6 is 0 Å². The molecule has 0 bridgehead atoms. The summed E-state index contributed by atoms with van der Waals surface area (Å²) in [5.74, 6) is 1.37. The standard InChI is InChI=1S/C10H19NO/c12-10-5-1-4-9(10)8-3-2-6-11-7-8/h8-12H,1-7H2. The molecule has 2 rings (SSSR count). The number of rotatable bonds is 1. The molecule has 0 aromatic heterocycles. The molecule has 70 valence electrons. The summed E-state index contributed by atoms with van der Waals surface area (Å²) in [5, 5.41) is 13.1. The van der Waals surface area contributed by atoms with E-state index in [-0.39, 0.29) is 6.10 Å². The minimum absolute atomic E-state index is 0.00917. The molecule has 0 amide bonds. The first-order valence-corrected chi connectivity index (χ1v) is 5.26. The van der Waals surface area contributed by atoms with Crippen molar-refractivity contribution in [2.45, 2.75) is 38.2 Å². The molecule has 1 saturated heterocycles. The minimum Gasteiger partial charge on any atom is -0.393 e. The van der Waals surface area contributed by atoms with Gasteiger partial charge < -0.3 is 10.4 Å². The Bertz CT molecular complexity index is 143. The largest absolute Gasteiger partial charge is 0.393 e. The van der Waals surface area contributed by atoms with Crippen molar-refractivity contribution < 1.29 is 5.11 Å². The maximum atomic E-state index is 9.71. The Morgan fingerprint density at radius 2 is 2.00 bits per heavy atom. The highest BCUT2D eigenvalue weighted by Gasteiger charge is 2.32. The van der Waals surface area contributed by atoms with Crippen LogP contribution in [-0.4, -0.2) is 24.3 Å². The van der Waals surface area contributed by atoms with Crippen LogP contribution in [0.2, 0.25) is 0 Å². The van der Waals surface area contributed by atoms with Crippen molar-refractivity contribution in [1.29, 1.82) is 0 Å². The van der Waals surface area contributed by atoms with Crippen LogP contribution in [0.15, 0.2) is 0 Å². The zero-order valence-electron chi connectivity index (χ0n) is 7.63. The first-order chi connectivity index (χ1) is 5.88. The quantitative estimate of drug-likeness (QED) is 0.617. The first-order valence-electron chi connectivity index (χ1n) is 5.26. The molecule has 0 radical (unpaired) electrons. The van der Waals surface area contributed by atoms with Gasteiger partial charge >= 0.3 is 0 Å². The van der Waals surface area contributed by atoms with Crippen molar-refractivity contribution >= 4 is 0 Å². The van der Waals surface area contributed by atoms with Crippen molar-refractivity contribution in [3.8, 4) is 0 Å². The molecule has 2 N–H and O–H groups in total. The van der Waals surface area contributed by atoms with E-state index in [4.69, 9.17) is 0 Å². The fraction of sp³-hybridized carbons (Fsp3) is 1.00. The van der Waals surface area contributed by atoms with Gasteiger partial charge in [0.1, 0.15) is 0 Å². The van der Waals surface area contributed by atoms with Gasteiger partial charge in [0.2, 0.25) is 0 Å². The maximum Gasteiger partial charge on any atom is 0.0571 e. The van der Waals surface area contributed by atoms with Crippen molar-refractivity contribution in [3.05, 3.63) is 0 Å². The topological polar surface area (TPSA) is 32.3 Å². The molecule has 3 atom stereocenters. The summed E-state index contributed by atoms with van der Waals surface area (Å²) in [5.41, 5.74) is 0. The van der Waals surface area contributed by atoms with E-state index in [0.29, 0.717) is 5.92 Å². The third-order valence-corrected chi connectivity index (χ3v) is 3.47. The second-order valence-corrected chi connectivity index (χ2v) is 4.27. The molecule has 1 aliphatic heterocycles. The van der Waals surface area contributed by atoms with Gasteiger partial charge in [-0.3, -0.25) is 0 Å². The van der Waals surface area contributed by atoms with Crippen LogP contribution in [0.25, 0.3) is 0 Å². The van der Waals surface area contributed by atoms with E-state index in [9.17, 15) is 5.11 Å². The highest BCUT2D eigenvalue weighted by Crippen LogP contribution is 2.34. The Labute approximate surface area is 74.4 Å². The molecule has 2 fully saturated rings. The fourth-order valence-corrected chi connectivity index (χ4v) is 2.76. The predicted molar refractivity (Wildman–Crippen MR) is 48.9 cm³/mol. The van der Waals surface area contributed by atoms with E-state index in [1.165, 1.54) is 32.2 Å². The molecule has 0 aromatic carbocycles. The van der Waals surface area contributed by atoms with E-state index in [2.05, 4.69) is 5.32 Å². The van der Waals surface area contributed by atoms with Gasteiger partial charge in [0, 0.05) is 0 Å². The molecule has 1 saturated carbocycles. The lowest BCUT2D eigenvalue weighted by Gasteiger charge is -2.29. The first kappa shape index (κ1) is 8.52. The lowest BCUT2D eigenvalue weighted by Crippen LogP contribution is -2.36. The summed E-state index contributed by atoms with van der Waals surface area (Å²) in [6.45, 7) is 2.32. The molecule has 0 spiro atoms. The fourth-order valence-electron chi connectivity index (χ4n) is 2.76. The van der Waals surface area contributed by atoms with Crippen molar-refractivity contribution in [2.24, 2.45) is 11.8 Å². The highest BCUT2D eigenvalue weighted by atomic mass is 16.3. The second-order valence-electron chi connectivity index (χ2n) is 4.27. The molecule has 2 aliphatic rings. The Hall–Kier alpha value is -0.0800. The van der Waals surface area contributed by atoms with E-state index in [1.54, 1.807) is 0 Å². The van der Waals surface area contributed by atoms with Gasteiger partial charge in [0.25, 0.3) is 0 Å². The third-order valence-electron chi connectivity index (χ3n) is 3.47. The van der Waals surface area contributed by atoms with Crippen LogP contribution in [0.5, 0.6) is 0 Å². The monoisotopic (exact) mass is 169 g/mol. The molecule has 0 aromatic rings. The Morgan fingerprint density at radius 1 is 1.08 bits per heavy atom. The molecule has 12 heavy (non-hydrogen) atoms. The van der Waals surface area contributed by atoms with Crippen molar-refractivity contribution in [3.63, 3.8) is 0 Å². The second kappa shape index (κ2) is 3.75. The summed E-state index contributed by atoms with van der Waals surface area (Å²) in [6.07, 6.45) is 6.18. The van der Waals surface area contributed by atoms with Crippen LogP contribution in [0.4, 0.5) is 0 Å². The lowest BCUT2D eigenvalue weighted by molar-refractivity contribution is 0.0879. The Kier molecular flexibility index (Phi) is 2.66. The van der Waals surface area contributed by atoms with Gasteiger partial charge in [-0.25, -0.2) is 0 Å². The molecule has 2 heteroatoms. The molecular weight excluding hydrogens is 150 g/mol. The maximum absolute atomic E-state index is 9.71. The molecular formula is C10H19NO. The average Bonchev–Trinajstić information content (AvgIpc) is 2.53. The molecule has 1 heterocycles. The van der Waals surface area contributed by atoms with Crippen LogP contribution in [0.3, 0.4) is 0 Å². The van der Waals surface area contributed by atoms with Gasteiger partial charge in [-0.2, -0.15) is 0 Å². The zero-order chi connectivity index (χ0) is 8.39. The summed E-state index contributed by atoms with van der Waals surface area (Å²) < 4.78 is 0. The van der Waals surface area contributed by atoms with Gasteiger partial charge in [0.05, 0.1) is 6.10 Å². The van der Waals surface area contributed by atoms with Crippen LogP contribution in [0, 0.1) is 11.8 Å². The summed E-state index contributed by atoms with van der Waals surface area (Å²) in [6, 6.07) is 0. The number of hydrogen-bond acceptors (Lipinski definition) is 2. The normalized spacial score (nSPS) is 43.2. The number of aliphatic hydroxyl groups excluding tert-OH is 1. The summed E-state index contributed by atoms with van der Waals surface area (Å²) in [7, 11) is 0. The van der Waals surface area contributed by atoms with Gasteiger partial charge in [-0.15, -0.1) is 0 Å². The van der Waals surface area contributed by atoms with Crippen LogP contribution in [0.1, 0.15) is 32.1 Å². The summed E-state index contributed by atoms with van der Waals surface area (Å²) >= 11 is 0. The average molecular weight is 169 g/mol. The molecule has 1 aliphatic carbocycles. The SMILES string of the molecule is OC1CCCC1C1CCCNC1. The third kappa shape index (κ3) is 1.64. The Morgan fingerprint density at radius 3 is 2.58 bits per heavy atom. The van der Waals surface area contributed by atoms with E-state index < -0.39 is 0 Å². The van der Waals surface area contributed by atoms with Crippen molar-refractivity contribution in [2.75, 3.05) is 13.1 Å². The van der Waals surface area contributed by atoms with Gasteiger partial charge in [-0.1, -0.05) is 6.42 Å². The van der Waals surface area contributed by atoms with Gasteiger partial charge in [-0.05, 0) is 50.6 Å². The number of piperidine rings is 1. The number of aliphatic hydroxyl groups is 1. The van der Waals surface area contributed by atoms with E-state index in [0.717, 1.165) is 18.9 Å². The summed E-state index contributed by atoms with van der Waals surface area (Å²) in [4.78, 5) is 0. The van der Waals surface area contributed by atoms with Gasteiger partial charge in [0.15, 0.2) is 0 Å². The number of hydrogen-bond donors (Lipinski definition) is 2. The zero-order valence-corrected chi connectivity index (χ0v) is 7.63. The predicted octanol–water partition coefficient (Wildman–Crippen LogP) is 1.15. The number of nitrogens with one attached hydrogen (secondary N) is 1. The van der Waals surface area contributed by atoms with E-state index in [1.807, 2.05) is 0 Å². The molecule has 3 unspecified atom stereocenters. The smallest absolute Gasteiger partial charge is 0.0571 e. The van der Waals surface area contributed by atoms with Crippen LogP contribution < -0.4 is 5.32 Å². The lowest BCUT2D eigenvalue weighted by atomic mass is 9.84. The van der Waals surface area contributed by atoms with Crippen molar-refractivity contribution in [1.82, 2.24) is 5.32 Å².